The number of aryl methyl sites for hydroxylation is 1. The van der Waals surface area contributed by atoms with Gasteiger partial charge in [0, 0.05) is 12.2 Å². The molecule has 0 spiro atoms. The molecule has 2 rings (SSSR count). The molecule has 5 nitrogen and oxygen atoms in total. The van der Waals surface area contributed by atoms with Crippen LogP contribution in [-0.2, 0) is 11.2 Å². The minimum absolute atomic E-state index is 0.0745. The number of benzene rings is 2. The molecule has 0 heterocycles. The van der Waals surface area contributed by atoms with Crippen LogP contribution in [0.1, 0.15) is 18.1 Å². The summed E-state index contributed by atoms with van der Waals surface area (Å²) in [6.07, 6.45) is 0.810. The van der Waals surface area contributed by atoms with Crippen LogP contribution < -0.4 is 19.7 Å². The number of likely N-dealkylation sites (N-methyl/N-ethyl adjacent to an activating group) is 1. The highest BCUT2D eigenvalue weighted by Gasteiger charge is 2.13. The lowest BCUT2D eigenvalue weighted by Crippen LogP contribution is -2.38. The van der Waals surface area contributed by atoms with Crippen LogP contribution in [0, 0.1) is 6.92 Å². The van der Waals surface area contributed by atoms with Crippen molar-refractivity contribution in [2.24, 2.45) is 0 Å². The molecule has 0 aliphatic rings. The fourth-order valence-electron chi connectivity index (χ4n) is 2.86. The van der Waals surface area contributed by atoms with Gasteiger partial charge in [-0.25, -0.2) is 0 Å². The van der Waals surface area contributed by atoms with Crippen molar-refractivity contribution in [1.29, 1.82) is 0 Å². The summed E-state index contributed by atoms with van der Waals surface area (Å²) in [5.41, 5.74) is 3.22. The molecule has 26 heavy (non-hydrogen) atoms. The van der Waals surface area contributed by atoms with Gasteiger partial charge >= 0.3 is 0 Å². The number of rotatable bonds is 9. The monoisotopic (exact) mass is 356 g/mol. The number of hydrogen-bond acceptors (Lipinski definition) is 4. The van der Waals surface area contributed by atoms with E-state index in [1.807, 2.05) is 56.3 Å². The van der Waals surface area contributed by atoms with Crippen molar-refractivity contribution in [3.63, 3.8) is 0 Å². The van der Waals surface area contributed by atoms with Crippen LogP contribution in [0.25, 0.3) is 0 Å². The molecule has 140 valence electrons. The first kappa shape index (κ1) is 19.8. The van der Waals surface area contributed by atoms with Gasteiger partial charge < -0.3 is 19.7 Å². The number of nitrogens with zero attached hydrogens (tertiary/aromatic N) is 1. The topological polar surface area (TPSA) is 50.8 Å². The zero-order valence-corrected chi connectivity index (χ0v) is 16.0. The van der Waals surface area contributed by atoms with Gasteiger partial charge in [-0.1, -0.05) is 18.2 Å². The largest absolute Gasteiger partial charge is 0.493 e. The smallest absolute Gasteiger partial charge is 0.240 e. The van der Waals surface area contributed by atoms with Gasteiger partial charge in [0.2, 0.25) is 5.91 Å². The average Bonchev–Trinajstić information content (AvgIpc) is 2.65. The molecule has 0 radical (unpaired) electrons. The Labute approximate surface area is 155 Å². The Morgan fingerprint density at radius 3 is 2.50 bits per heavy atom. The maximum Gasteiger partial charge on any atom is 0.240 e. The number of ether oxygens (including phenoxy) is 2. The van der Waals surface area contributed by atoms with E-state index in [0.717, 1.165) is 34.7 Å². The SMILES string of the molecule is CCN(C(=O)CNCCc1ccc(OC)c(OC)c1)c1cccc(C)c1. The summed E-state index contributed by atoms with van der Waals surface area (Å²) in [7, 11) is 3.25. The third-order valence-corrected chi connectivity index (χ3v) is 4.25. The number of carbonyl (C=O) groups is 1. The second kappa shape index (κ2) is 9.82. The van der Waals surface area contributed by atoms with Gasteiger partial charge in [0.25, 0.3) is 0 Å². The summed E-state index contributed by atoms with van der Waals surface area (Å²) in [6.45, 7) is 5.70. The van der Waals surface area contributed by atoms with Crippen molar-refractivity contribution >= 4 is 11.6 Å². The fraction of sp³-hybridized carbons (Fsp3) is 0.381. The summed E-state index contributed by atoms with van der Waals surface area (Å²) in [5, 5.41) is 3.24. The third kappa shape index (κ3) is 5.23. The molecule has 0 fully saturated rings. The van der Waals surface area contributed by atoms with E-state index in [1.54, 1.807) is 19.1 Å². The molecule has 0 saturated carbocycles. The molecule has 0 aliphatic carbocycles. The van der Waals surface area contributed by atoms with E-state index in [2.05, 4.69) is 5.32 Å². The quantitative estimate of drug-likeness (QED) is 0.701. The Bertz CT molecular complexity index is 731. The van der Waals surface area contributed by atoms with E-state index in [0.29, 0.717) is 19.6 Å². The highest BCUT2D eigenvalue weighted by atomic mass is 16.5. The van der Waals surface area contributed by atoms with Crippen LogP contribution in [0.4, 0.5) is 5.69 Å². The van der Waals surface area contributed by atoms with E-state index < -0.39 is 0 Å². The fourth-order valence-corrected chi connectivity index (χ4v) is 2.86. The molecule has 1 N–H and O–H groups in total. The third-order valence-electron chi connectivity index (χ3n) is 4.25. The lowest BCUT2D eigenvalue weighted by molar-refractivity contribution is -0.117. The number of hydrogen-bond donors (Lipinski definition) is 1. The first-order valence-corrected chi connectivity index (χ1v) is 8.87. The van der Waals surface area contributed by atoms with Gasteiger partial charge in [0.1, 0.15) is 0 Å². The van der Waals surface area contributed by atoms with Gasteiger partial charge in [-0.15, -0.1) is 0 Å². The van der Waals surface area contributed by atoms with Crippen molar-refractivity contribution in [3.8, 4) is 11.5 Å². The van der Waals surface area contributed by atoms with Gasteiger partial charge in [0.15, 0.2) is 11.5 Å². The Balaban J connectivity index is 1.86. The summed E-state index contributed by atoms with van der Waals surface area (Å²) < 4.78 is 10.6. The van der Waals surface area contributed by atoms with Crippen molar-refractivity contribution in [3.05, 3.63) is 53.6 Å². The first-order chi connectivity index (χ1) is 12.6. The van der Waals surface area contributed by atoms with E-state index in [1.165, 1.54) is 0 Å². The number of carbonyl (C=O) groups excluding carboxylic acids is 1. The lowest BCUT2D eigenvalue weighted by atomic mass is 10.1. The predicted octanol–water partition coefficient (Wildman–Crippen LogP) is 3.20. The normalized spacial score (nSPS) is 10.5. The zero-order chi connectivity index (χ0) is 18.9. The molecule has 0 aliphatic heterocycles. The van der Waals surface area contributed by atoms with Crippen LogP contribution in [0.5, 0.6) is 11.5 Å². The molecule has 0 bridgehead atoms. The maximum absolute atomic E-state index is 12.5. The second-order valence-corrected chi connectivity index (χ2v) is 6.09. The Morgan fingerprint density at radius 2 is 1.85 bits per heavy atom. The van der Waals surface area contributed by atoms with Crippen molar-refractivity contribution < 1.29 is 14.3 Å². The minimum atomic E-state index is 0.0745. The molecular formula is C21H28N2O3. The number of methoxy groups -OCH3 is 2. The molecule has 0 unspecified atom stereocenters. The van der Waals surface area contributed by atoms with E-state index in [9.17, 15) is 4.79 Å². The molecule has 0 aromatic heterocycles. The molecule has 1 amide bonds. The summed E-state index contributed by atoms with van der Waals surface area (Å²) >= 11 is 0. The van der Waals surface area contributed by atoms with Crippen LogP contribution in [0.15, 0.2) is 42.5 Å². The van der Waals surface area contributed by atoms with Crippen LogP contribution in [0.2, 0.25) is 0 Å². The Morgan fingerprint density at radius 1 is 1.08 bits per heavy atom. The average molecular weight is 356 g/mol. The summed E-state index contributed by atoms with van der Waals surface area (Å²) in [6, 6.07) is 13.9. The highest BCUT2D eigenvalue weighted by molar-refractivity contribution is 5.94. The Hall–Kier alpha value is -2.53. The zero-order valence-electron chi connectivity index (χ0n) is 16.0. The van der Waals surface area contributed by atoms with Gasteiger partial charge in [-0.3, -0.25) is 4.79 Å². The second-order valence-electron chi connectivity index (χ2n) is 6.09. The number of nitrogens with one attached hydrogen (secondary N) is 1. The lowest BCUT2D eigenvalue weighted by Gasteiger charge is -2.21. The summed E-state index contributed by atoms with van der Waals surface area (Å²) in [5.74, 6) is 1.51. The maximum atomic E-state index is 12.5. The van der Waals surface area contributed by atoms with Crippen molar-refractivity contribution in [1.82, 2.24) is 5.32 Å². The van der Waals surface area contributed by atoms with Crippen LogP contribution in [0.3, 0.4) is 0 Å². The van der Waals surface area contributed by atoms with E-state index in [-0.39, 0.29) is 5.91 Å². The molecule has 2 aromatic rings. The van der Waals surface area contributed by atoms with Gasteiger partial charge in [0.05, 0.1) is 20.8 Å². The molecule has 5 heteroatoms. The van der Waals surface area contributed by atoms with Crippen molar-refractivity contribution in [2.75, 3.05) is 38.8 Å². The molecular weight excluding hydrogens is 328 g/mol. The van der Waals surface area contributed by atoms with Crippen LogP contribution >= 0.6 is 0 Å². The van der Waals surface area contributed by atoms with Gasteiger partial charge in [-0.2, -0.15) is 0 Å². The molecule has 2 aromatic carbocycles. The van der Waals surface area contributed by atoms with Gasteiger partial charge in [-0.05, 0) is 62.2 Å². The highest BCUT2D eigenvalue weighted by Crippen LogP contribution is 2.27. The van der Waals surface area contributed by atoms with E-state index >= 15 is 0 Å². The molecule has 0 atom stereocenters. The standard InChI is InChI=1S/C21H28N2O3/c1-5-23(18-8-6-7-16(2)13-18)21(24)15-22-12-11-17-9-10-19(25-3)20(14-17)26-4/h6-10,13-14,22H,5,11-12,15H2,1-4H3. The van der Waals surface area contributed by atoms with Crippen molar-refractivity contribution in [2.45, 2.75) is 20.3 Å². The number of amides is 1. The first-order valence-electron chi connectivity index (χ1n) is 8.87. The summed E-state index contributed by atoms with van der Waals surface area (Å²) in [4.78, 5) is 14.3. The minimum Gasteiger partial charge on any atom is -0.493 e. The van der Waals surface area contributed by atoms with Crippen LogP contribution in [-0.4, -0.2) is 39.8 Å². The van der Waals surface area contributed by atoms with E-state index in [4.69, 9.17) is 9.47 Å². The Kier molecular flexibility index (Phi) is 7.48. The predicted molar refractivity (Wildman–Crippen MR) is 105 cm³/mol. The molecule has 0 saturated heterocycles. The number of anilines is 1.